The van der Waals surface area contributed by atoms with Crippen molar-refractivity contribution in [2.45, 2.75) is 76.7 Å². The lowest BCUT2D eigenvalue weighted by Crippen LogP contribution is -2.71. The molecule has 0 saturated carbocycles. The van der Waals surface area contributed by atoms with Crippen molar-refractivity contribution in [3.63, 3.8) is 0 Å². The number of nitrogens with one attached hydrogen (secondary N) is 2. The first-order chi connectivity index (χ1) is 24.7. The van der Waals surface area contributed by atoms with Gasteiger partial charge in [-0.25, -0.2) is 4.79 Å². The number of rotatable bonds is 16. The summed E-state index contributed by atoms with van der Waals surface area (Å²) < 4.78 is 17.3. The van der Waals surface area contributed by atoms with E-state index in [2.05, 4.69) is 31.1 Å². The molecule has 9 N–H and O–H groups in total. The van der Waals surface area contributed by atoms with Gasteiger partial charge in [-0.15, -0.1) is 0 Å². The van der Waals surface area contributed by atoms with Gasteiger partial charge in [0.2, 0.25) is 17.5 Å². The molecule has 2 aromatic carbocycles. The van der Waals surface area contributed by atoms with E-state index < -0.39 is 53.3 Å². The second-order valence-electron chi connectivity index (χ2n) is 14.1. The summed E-state index contributed by atoms with van der Waals surface area (Å²) in [4.78, 5) is 41.1. The summed E-state index contributed by atoms with van der Waals surface area (Å²) in [5, 5.41) is 56.5. The molecule has 0 spiro atoms. The zero-order chi connectivity index (χ0) is 37.7. The number of hydrogen-bond donors (Lipinski definition) is 8. The highest BCUT2D eigenvalue weighted by molar-refractivity contribution is 5.99. The summed E-state index contributed by atoms with van der Waals surface area (Å²) in [5.74, 6) is -2.20. The Kier molecular flexibility index (Phi) is 12.1. The molecule has 0 bridgehead atoms. The number of carbonyl (C=O) groups excluding carboxylic acids is 1. The number of benzene rings is 2. The van der Waals surface area contributed by atoms with Gasteiger partial charge in [-0.3, -0.25) is 9.59 Å². The van der Waals surface area contributed by atoms with E-state index in [-0.39, 0.29) is 46.1 Å². The number of ether oxygens (including phenoxy) is 2. The lowest BCUT2D eigenvalue weighted by Gasteiger charge is -2.47. The molecule has 1 amide bonds. The van der Waals surface area contributed by atoms with Crippen LogP contribution in [-0.2, 0) is 16.0 Å². The number of carboxylic acids is 1. The maximum atomic E-state index is 13.6. The van der Waals surface area contributed by atoms with E-state index in [1.807, 2.05) is 18.5 Å². The van der Waals surface area contributed by atoms with Gasteiger partial charge in [-0.1, -0.05) is 52.2 Å². The van der Waals surface area contributed by atoms with Gasteiger partial charge < -0.3 is 55.5 Å². The SMILES string of the molecule is CC(C)CCCC(C)C(CNCC1(O)C(Oc2ccc3c(=O)c(-c4ccc(O)cc4)c(C(N)=O)oc3c2)OC(C(=O)O)C(O)C1O)Cc1cc[nH]c1. The Hall–Kier alpha value is -4.73. The van der Waals surface area contributed by atoms with Crippen molar-refractivity contribution in [3.8, 4) is 22.6 Å². The number of aromatic amines is 1. The predicted molar refractivity (Wildman–Crippen MR) is 191 cm³/mol. The normalized spacial score (nSPS) is 23.1. The smallest absolute Gasteiger partial charge is 0.335 e. The van der Waals surface area contributed by atoms with E-state index in [4.69, 9.17) is 19.6 Å². The topological polar surface area (TPSA) is 238 Å². The number of hydrogen-bond acceptors (Lipinski definition) is 11. The van der Waals surface area contributed by atoms with Crippen LogP contribution in [0.3, 0.4) is 0 Å². The van der Waals surface area contributed by atoms with E-state index in [9.17, 15) is 39.9 Å². The fourth-order valence-corrected chi connectivity index (χ4v) is 6.69. The average molecular weight is 722 g/mol. The van der Waals surface area contributed by atoms with Crippen molar-refractivity contribution in [3.05, 3.63) is 82.5 Å². The van der Waals surface area contributed by atoms with Crippen LogP contribution >= 0.6 is 0 Å². The molecule has 14 heteroatoms. The van der Waals surface area contributed by atoms with Crippen molar-refractivity contribution in [2.75, 3.05) is 13.1 Å². The number of aromatic hydroxyl groups is 1. The molecule has 2 aromatic heterocycles. The molecule has 3 heterocycles. The number of phenolic OH excluding ortho intramolecular Hbond substituents is 1. The van der Waals surface area contributed by atoms with Crippen LogP contribution in [0.1, 0.15) is 56.2 Å². The first-order valence-corrected chi connectivity index (χ1v) is 17.4. The first kappa shape index (κ1) is 38.5. The van der Waals surface area contributed by atoms with Gasteiger partial charge in [0.25, 0.3) is 5.91 Å². The maximum absolute atomic E-state index is 13.6. The molecule has 7 unspecified atom stereocenters. The van der Waals surface area contributed by atoms with Crippen LogP contribution in [0.25, 0.3) is 22.1 Å². The van der Waals surface area contributed by atoms with Crippen LogP contribution in [0, 0.1) is 17.8 Å². The molecule has 280 valence electrons. The molecule has 0 aliphatic carbocycles. The summed E-state index contributed by atoms with van der Waals surface area (Å²) >= 11 is 0. The number of H-pyrrole nitrogens is 1. The van der Waals surface area contributed by atoms with Crippen molar-refractivity contribution in [1.29, 1.82) is 0 Å². The number of fused-ring (bicyclic) bond motifs is 1. The van der Waals surface area contributed by atoms with Crippen LogP contribution in [0.4, 0.5) is 0 Å². The quantitative estimate of drug-likeness (QED) is 0.0833. The van der Waals surface area contributed by atoms with Crippen LogP contribution in [0.2, 0.25) is 0 Å². The van der Waals surface area contributed by atoms with Crippen molar-refractivity contribution in [1.82, 2.24) is 10.3 Å². The Morgan fingerprint density at radius 3 is 2.44 bits per heavy atom. The number of carboxylic acid groups (broad SMARTS) is 1. The van der Waals surface area contributed by atoms with E-state index in [0.717, 1.165) is 31.2 Å². The minimum atomic E-state index is -2.36. The second-order valence-corrected chi connectivity index (χ2v) is 14.1. The monoisotopic (exact) mass is 721 g/mol. The molecule has 52 heavy (non-hydrogen) atoms. The Bertz CT molecular complexity index is 1890. The van der Waals surface area contributed by atoms with Crippen LogP contribution < -0.4 is 21.2 Å². The highest BCUT2D eigenvalue weighted by Gasteiger charge is 2.58. The largest absolute Gasteiger partial charge is 0.508 e. The lowest BCUT2D eigenvalue weighted by molar-refractivity contribution is -0.311. The average Bonchev–Trinajstić information content (AvgIpc) is 3.61. The molecule has 7 atom stereocenters. The number of carbonyl (C=O) groups is 2. The predicted octanol–water partition coefficient (Wildman–Crippen LogP) is 3.14. The van der Waals surface area contributed by atoms with E-state index >= 15 is 0 Å². The van der Waals surface area contributed by atoms with Crippen LogP contribution in [0.15, 0.2) is 70.1 Å². The zero-order valence-corrected chi connectivity index (χ0v) is 29.3. The molecular weight excluding hydrogens is 674 g/mol. The molecular formula is C38H47N3O11. The number of aliphatic hydroxyl groups excluding tert-OH is 2. The summed E-state index contributed by atoms with van der Waals surface area (Å²) in [5.41, 5.74) is 3.78. The van der Waals surface area contributed by atoms with Crippen molar-refractivity contribution < 1.29 is 49.0 Å². The van der Waals surface area contributed by atoms with Gasteiger partial charge in [-0.05, 0) is 72.2 Å². The highest BCUT2D eigenvalue weighted by atomic mass is 16.7. The Balaban J connectivity index is 1.42. The highest BCUT2D eigenvalue weighted by Crippen LogP contribution is 2.34. The summed E-state index contributed by atoms with van der Waals surface area (Å²) in [6.45, 7) is 6.61. The fraction of sp³-hybridized carbons (Fsp3) is 0.447. The molecule has 0 radical (unpaired) electrons. The summed E-state index contributed by atoms with van der Waals surface area (Å²) in [6, 6.07) is 11.5. The molecule has 1 aliphatic heterocycles. The van der Waals surface area contributed by atoms with Crippen LogP contribution in [-0.4, -0.2) is 85.7 Å². The number of aliphatic carboxylic acids is 1. The van der Waals surface area contributed by atoms with Gasteiger partial charge >= 0.3 is 5.97 Å². The Morgan fingerprint density at radius 2 is 1.81 bits per heavy atom. The van der Waals surface area contributed by atoms with Gasteiger partial charge in [-0.2, -0.15) is 0 Å². The van der Waals surface area contributed by atoms with Gasteiger partial charge in [0.15, 0.2) is 11.7 Å². The van der Waals surface area contributed by atoms with Gasteiger partial charge in [0, 0.05) is 25.0 Å². The Morgan fingerprint density at radius 1 is 1.08 bits per heavy atom. The first-order valence-electron chi connectivity index (χ1n) is 17.4. The number of aromatic nitrogens is 1. The standard InChI is InChI=1S/C38H47N3O11/c1-20(2)5-4-6-21(3)24(15-22-13-14-40-17-22)18-41-19-38(49)34(45)31(44)33(36(47)48)52-37(38)50-26-11-12-27-28(16-26)51-32(35(39)46)29(30(27)43)23-7-9-25(42)10-8-23/h7-14,16-17,20-21,24,31,33-34,37,40-42,44-45,49H,4-6,15,18-19H2,1-3H3,(H2,39,46)(H,47,48). The van der Waals surface area contributed by atoms with Crippen molar-refractivity contribution >= 4 is 22.8 Å². The molecule has 1 fully saturated rings. The molecule has 4 aromatic rings. The maximum Gasteiger partial charge on any atom is 0.335 e. The van der Waals surface area contributed by atoms with E-state index in [1.165, 1.54) is 42.5 Å². The fourth-order valence-electron chi connectivity index (χ4n) is 6.69. The summed E-state index contributed by atoms with van der Waals surface area (Å²) in [7, 11) is 0. The number of primary amides is 1. The third-order valence-electron chi connectivity index (χ3n) is 9.77. The lowest BCUT2D eigenvalue weighted by atomic mass is 9.83. The zero-order valence-electron chi connectivity index (χ0n) is 29.3. The molecule has 14 nitrogen and oxygen atoms in total. The third kappa shape index (κ3) is 8.48. The van der Waals surface area contributed by atoms with Crippen LogP contribution in [0.5, 0.6) is 11.5 Å². The molecule has 5 rings (SSSR count). The Labute approximate surface area is 300 Å². The third-order valence-corrected chi connectivity index (χ3v) is 9.77. The van der Waals surface area contributed by atoms with E-state index in [1.54, 1.807) is 0 Å². The van der Waals surface area contributed by atoms with Gasteiger partial charge in [0.05, 0.1) is 10.9 Å². The van der Waals surface area contributed by atoms with E-state index in [0.29, 0.717) is 18.4 Å². The molecule has 1 aliphatic rings. The number of aliphatic hydroxyl groups is 3. The second kappa shape index (κ2) is 16.3. The number of phenols is 1. The van der Waals surface area contributed by atoms with Gasteiger partial charge in [0.1, 0.15) is 29.3 Å². The summed E-state index contributed by atoms with van der Waals surface area (Å²) in [6.07, 6.45) is -0.128. The minimum absolute atomic E-state index is 0.0387. The van der Waals surface area contributed by atoms with Crippen molar-refractivity contribution in [2.24, 2.45) is 23.5 Å². The number of amides is 1. The number of nitrogens with two attached hydrogens (primary N) is 1. The molecule has 1 saturated heterocycles. The minimum Gasteiger partial charge on any atom is -0.508 e.